The number of hydrogen-bond acceptors (Lipinski definition) is 4. The van der Waals surface area contributed by atoms with Crippen LogP contribution < -0.4 is 11.5 Å². The molecule has 5 nitrogen and oxygen atoms in total. The van der Waals surface area contributed by atoms with E-state index in [1.807, 2.05) is 5.38 Å². The quantitative estimate of drug-likeness (QED) is 0.811. The van der Waals surface area contributed by atoms with Crippen molar-refractivity contribution in [3.8, 4) is 11.8 Å². The highest BCUT2D eigenvalue weighted by Gasteiger charge is 2.30. The first kappa shape index (κ1) is 15.5. The number of carbonyl (C=O) groups is 2. The van der Waals surface area contributed by atoms with Crippen molar-refractivity contribution in [3.05, 3.63) is 21.9 Å². The molecule has 21 heavy (non-hydrogen) atoms. The van der Waals surface area contributed by atoms with Crippen LogP contribution in [0.1, 0.15) is 40.9 Å². The van der Waals surface area contributed by atoms with E-state index in [0.29, 0.717) is 10.4 Å². The molecule has 0 aromatic carbocycles. The topological polar surface area (TPSA) is 89.4 Å². The van der Waals surface area contributed by atoms with Crippen LogP contribution in [-0.2, 0) is 4.79 Å². The predicted octanol–water partition coefficient (Wildman–Crippen LogP) is 0.928. The molecule has 0 aliphatic heterocycles. The maximum atomic E-state index is 12.7. The molecule has 1 aliphatic rings. The molecule has 0 spiro atoms. The van der Waals surface area contributed by atoms with Gasteiger partial charge in [-0.3, -0.25) is 9.59 Å². The average molecular weight is 305 g/mol. The van der Waals surface area contributed by atoms with Crippen molar-refractivity contribution in [1.29, 1.82) is 0 Å². The lowest BCUT2D eigenvalue weighted by molar-refractivity contribution is -0.119. The Morgan fingerprint density at radius 3 is 2.71 bits per heavy atom. The van der Waals surface area contributed by atoms with Crippen molar-refractivity contribution in [2.75, 3.05) is 13.1 Å². The molecule has 1 heterocycles. The molecule has 0 bridgehead atoms. The summed E-state index contributed by atoms with van der Waals surface area (Å²) in [6.45, 7) is 0.211. The summed E-state index contributed by atoms with van der Waals surface area (Å²) in [5, 5.41) is 1.82. The van der Waals surface area contributed by atoms with Gasteiger partial charge < -0.3 is 16.4 Å². The Labute approximate surface area is 128 Å². The van der Waals surface area contributed by atoms with Crippen molar-refractivity contribution < 1.29 is 9.59 Å². The second-order valence-electron chi connectivity index (χ2n) is 5.01. The van der Waals surface area contributed by atoms with Gasteiger partial charge in [0.1, 0.15) is 4.88 Å². The smallest absolute Gasteiger partial charge is 0.265 e. The average Bonchev–Trinajstić information content (AvgIpc) is 3.12. The third kappa shape index (κ3) is 3.84. The molecule has 2 rings (SSSR count). The summed E-state index contributed by atoms with van der Waals surface area (Å²) >= 11 is 1.34. The van der Waals surface area contributed by atoms with Crippen LogP contribution in [0.25, 0.3) is 0 Å². The Kier molecular flexibility index (Phi) is 5.37. The molecule has 1 aromatic rings. The number of nitrogens with zero attached hydrogens (tertiary/aromatic N) is 1. The molecule has 0 unspecified atom stereocenters. The van der Waals surface area contributed by atoms with Crippen molar-refractivity contribution >= 4 is 23.2 Å². The minimum atomic E-state index is -0.485. The Morgan fingerprint density at radius 1 is 1.38 bits per heavy atom. The van der Waals surface area contributed by atoms with Gasteiger partial charge in [0.2, 0.25) is 5.91 Å². The van der Waals surface area contributed by atoms with E-state index in [2.05, 4.69) is 11.8 Å². The number of carbonyl (C=O) groups excluding carboxylic acids is 2. The molecule has 0 radical (unpaired) electrons. The highest BCUT2D eigenvalue weighted by molar-refractivity contribution is 7.12. The Balaban J connectivity index is 2.25. The summed E-state index contributed by atoms with van der Waals surface area (Å²) in [4.78, 5) is 26.2. The number of primary amides is 1. The van der Waals surface area contributed by atoms with Crippen LogP contribution in [-0.4, -0.2) is 35.8 Å². The second kappa shape index (κ2) is 7.25. The number of amides is 2. The summed E-state index contributed by atoms with van der Waals surface area (Å²) in [5.74, 6) is 5.02. The molecular weight excluding hydrogens is 286 g/mol. The van der Waals surface area contributed by atoms with Crippen molar-refractivity contribution in [1.82, 2.24) is 4.90 Å². The summed E-state index contributed by atoms with van der Waals surface area (Å²) in [5.41, 5.74) is 11.3. The van der Waals surface area contributed by atoms with Gasteiger partial charge in [0.15, 0.2) is 0 Å². The van der Waals surface area contributed by atoms with Gasteiger partial charge in [0, 0.05) is 11.6 Å². The summed E-state index contributed by atoms with van der Waals surface area (Å²) < 4.78 is 0. The molecule has 2 amide bonds. The van der Waals surface area contributed by atoms with Gasteiger partial charge in [-0.05, 0) is 24.3 Å². The van der Waals surface area contributed by atoms with Gasteiger partial charge in [-0.15, -0.1) is 11.3 Å². The zero-order valence-corrected chi connectivity index (χ0v) is 12.6. The number of rotatable bonds is 4. The first-order valence-electron chi connectivity index (χ1n) is 6.99. The van der Waals surface area contributed by atoms with Crippen molar-refractivity contribution in [2.24, 2.45) is 11.5 Å². The highest BCUT2D eigenvalue weighted by atomic mass is 32.1. The van der Waals surface area contributed by atoms with E-state index in [0.717, 1.165) is 25.7 Å². The summed E-state index contributed by atoms with van der Waals surface area (Å²) in [7, 11) is 0. The van der Waals surface area contributed by atoms with E-state index in [1.165, 1.54) is 11.3 Å². The Morgan fingerprint density at radius 2 is 2.10 bits per heavy atom. The molecule has 0 atom stereocenters. The fraction of sp³-hybridized carbons (Fsp3) is 0.467. The van der Waals surface area contributed by atoms with Crippen LogP contribution in [0.5, 0.6) is 0 Å². The number of thiophene rings is 1. The van der Waals surface area contributed by atoms with Gasteiger partial charge in [0.05, 0.1) is 13.1 Å². The summed E-state index contributed by atoms with van der Waals surface area (Å²) in [6, 6.07) is 1.90. The van der Waals surface area contributed by atoms with Gasteiger partial charge >= 0.3 is 0 Å². The molecule has 1 aliphatic carbocycles. The van der Waals surface area contributed by atoms with Crippen LogP contribution in [0.4, 0.5) is 0 Å². The molecule has 6 heteroatoms. The van der Waals surface area contributed by atoms with Crippen molar-refractivity contribution in [3.63, 3.8) is 0 Å². The monoisotopic (exact) mass is 305 g/mol. The third-order valence-electron chi connectivity index (χ3n) is 3.54. The largest absolute Gasteiger partial charge is 0.368 e. The minimum absolute atomic E-state index is 0.0366. The first-order valence-corrected chi connectivity index (χ1v) is 7.87. The van der Waals surface area contributed by atoms with Crippen LogP contribution >= 0.6 is 11.3 Å². The van der Waals surface area contributed by atoms with Crippen LogP contribution in [0.3, 0.4) is 0 Å². The zero-order valence-electron chi connectivity index (χ0n) is 11.8. The third-order valence-corrected chi connectivity index (χ3v) is 4.44. The first-order chi connectivity index (χ1) is 10.1. The Hall–Kier alpha value is -1.84. The molecule has 1 saturated carbocycles. The fourth-order valence-electron chi connectivity index (χ4n) is 2.60. The Bertz CT molecular complexity index is 579. The van der Waals surface area contributed by atoms with Gasteiger partial charge in [-0.1, -0.05) is 24.7 Å². The molecule has 1 aromatic heterocycles. The van der Waals surface area contributed by atoms with Crippen LogP contribution in [0.2, 0.25) is 0 Å². The van der Waals surface area contributed by atoms with E-state index in [-0.39, 0.29) is 25.0 Å². The summed E-state index contributed by atoms with van der Waals surface area (Å²) in [6.07, 6.45) is 4.01. The normalized spacial score (nSPS) is 14.5. The number of hydrogen-bond donors (Lipinski definition) is 2. The molecular formula is C15H19N3O2S. The van der Waals surface area contributed by atoms with E-state index in [1.54, 1.807) is 11.0 Å². The standard InChI is InChI=1S/C15H19N3O2S/c16-8-3-4-11-7-9-21-14(11)15(20)18(10-13(17)19)12-5-1-2-6-12/h7,9,12H,1-2,5-6,8,10,16H2,(H2,17,19). The zero-order chi connectivity index (χ0) is 15.2. The SMILES string of the molecule is NCC#Cc1ccsc1C(=O)N(CC(N)=O)C1CCCC1. The lowest BCUT2D eigenvalue weighted by Gasteiger charge is -2.27. The van der Waals surface area contributed by atoms with E-state index < -0.39 is 5.91 Å². The molecule has 0 saturated heterocycles. The molecule has 112 valence electrons. The van der Waals surface area contributed by atoms with E-state index in [4.69, 9.17) is 11.5 Å². The van der Waals surface area contributed by atoms with Crippen LogP contribution in [0, 0.1) is 11.8 Å². The highest BCUT2D eigenvalue weighted by Crippen LogP contribution is 2.27. The van der Waals surface area contributed by atoms with Gasteiger partial charge in [0.25, 0.3) is 5.91 Å². The second-order valence-corrected chi connectivity index (χ2v) is 5.92. The van der Waals surface area contributed by atoms with Gasteiger partial charge in [-0.25, -0.2) is 0 Å². The maximum Gasteiger partial charge on any atom is 0.265 e. The fourth-order valence-corrected chi connectivity index (χ4v) is 3.40. The maximum absolute atomic E-state index is 12.7. The lowest BCUT2D eigenvalue weighted by Crippen LogP contribution is -2.44. The lowest BCUT2D eigenvalue weighted by atomic mass is 10.1. The molecule has 4 N–H and O–H groups in total. The number of nitrogens with two attached hydrogens (primary N) is 2. The molecule has 1 fully saturated rings. The van der Waals surface area contributed by atoms with E-state index >= 15 is 0 Å². The van der Waals surface area contributed by atoms with Gasteiger partial charge in [-0.2, -0.15) is 0 Å². The van der Waals surface area contributed by atoms with Crippen LogP contribution in [0.15, 0.2) is 11.4 Å². The predicted molar refractivity (Wildman–Crippen MR) is 82.7 cm³/mol. The minimum Gasteiger partial charge on any atom is -0.368 e. The van der Waals surface area contributed by atoms with Crippen molar-refractivity contribution in [2.45, 2.75) is 31.7 Å². The van der Waals surface area contributed by atoms with E-state index in [9.17, 15) is 9.59 Å².